The average molecular weight is 405 g/mol. The predicted molar refractivity (Wildman–Crippen MR) is 104 cm³/mol. The lowest BCUT2D eigenvalue weighted by Gasteiger charge is -2.04. The van der Waals surface area contributed by atoms with Crippen LogP contribution in [0.4, 0.5) is 0 Å². The molecule has 140 valence electrons. The van der Waals surface area contributed by atoms with E-state index in [1.54, 1.807) is 48.5 Å². The second kappa shape index (κ2) is 8.28. The van der Waals surface area contributed by atoms with Gasteiger partial charge >= 0.3 is 0 Å². The normalized spacial score (nSPS) is 11.6. The molecule has 0 radical (unpaired) electrons. The summed E-state index contributed by atoms with van der Waals surface area (Å²) in [5.74, 6) is 1.59. The first kappa shape index (κ1) is 19.0. The van der Waals surface area contributed by atoms with Crippen LogP contribution in [0.2, 0.25) is 5.02 Å². The summed E-state index contributed by atoms with van der Waals surface area (Å²) in [5, 5.41) is 4.32. The number of furan rings is 1. The lowest BCUT2D eigenvalue weighted by Crippen LogP contribution is -2.18. The van der Waals surface area contributed by atoms with Crippen molar-refractivity contribution >= 4 is 27.8 Å². The highest BCUT2D eigenvalue weighted by Crippen LogP contribution is 2.19. The van der Waals surface area contributed by atoms with E-state index in [1.165, 1.54) is 18.3 Å². The molecule has 0 fully saturated rings. The van der Waals surface area contributed by atoms with Crippen molar-refractivity contribution in [2.75, 3.05) is 0 Å². The number of hydrazone groups is 1. The van der Waals surface area contributed by atoms with Crippen LogP contribution in [0.5, 0.6) is 5.75 Å². The summed E-state index contributed by atoms with van der Waals surface area (Å²) >= 11 is 5.90. The van der Waals surface area contributed by atoms with Crippen LogP contribution in [0.3, 0.4) is 0 Å². The number of sulfonamides is 1. The highest BCUT2D eigenvalue weighted by molar-refractivity contribution is 7.89. The van der Waals surface area contributed by atoms with E-state index < -0.39 is 10.0 Å². The Balaban J connectivity index is 1.57. The molecule has 0 aliphatic rings. The number of aryl methyl sites for hydroxylation is 1. The molecule has 0 bridgehead atoms. The lowest BCUT2D eigenvalue weighted by atomic mass is 10.2. The Kier molecular flexibility index (Phi) is 5.83. The minimum Gasteiger partial charge on any atom is -0.486 e. The standard InChI is InChI=1S/C19H17ClN2O4S/c1-14-5-9-19(10-6-14)27(23,24)22-21-12-17-7-8-18(26-17)13-25-16-4-2-3-15(20)11-16/h2-12,22H,13H2,1H3/b21-12+. The van der Waals surface area contributed by atoms with Crippen molar-refractivity contribution in [3.05, 3.63) is 82.8 Å². The van der Waals surface area contributed by atoms with Gasteiger partial charge in [0.1, 0.15) is 23.9 Å². The Bertz CT molecular complexity index is 1040. The Labute approximate surface area is 162 Å². The number of benzene rings is 2. The van der Waals surface area contributed by atoms with Crippen LogP contribution < -0.4 is 9.57 Å². The Morgan fingerprint density at radius 2 is 1.93 bits per heavy atom. The predicted octanol–water partition coefficient (Wildman–Crippen LogP) is 4.13. The fourth-order valence-electron chi connectivity index (χ4n) is 2.18. The molecule has 0 aliphatic heterocycles. The molecule has 1 N–H and O–H groups in total. The van der Waals surface area contributed by atoms with Crippen molar-refractivity contribution in [3.63, 3.8) is 0 Å². The molecule has 1 aromatic heterocycles. The van der Waals surface area contributed by atoms with Gasteiger partial charge in [0.05, 0.1) is 11.1 Å². The van der Waals surface area contributed by atoms with Gasteiger partial charge < -0.3 is 9.15 Å². The van der Waals surface area contributed by atoms with Crippen molar-refractivity contribution in [1.82, 2.24) is 4.83 Å². The maximum absolute atomic E-state index is 12.1. The summed E-state index contributed by atoms with van der Waals surface area (Å²) in [6, 6.07) is 16.9. The molecule has 0 unspecified atom stereocenters. The SMILES string of the molecule is Cc1ccc(S(=O)(=O)N/N=C/c2ccc(COc3cccc(Cl)c3)o2)cc1. The molecule has 27 heavy (non-hydrogen) atoms. The topological polar surface area (TPSA) is 80.9 Å². The number of hydrogen-bond donors (Lipinski definition) is 1. The van der Waals surface area contributed by atoms with E-state index in [0.29, 0.717) is 22.3 Å². The summed E-state index contributed by atoms with van der Waals surface area (Å²) in [5.41, 5.74) is 0.973. The van der Waals surface area contributed by atoms with Crippen molar-refractivity contribution in [1.29, 1.82) is 0 Å². The summed E-state index contributed by atoms with van der Waals surface area (Å²) in [7, 11) is -3.72. The summed E-state index contributed by atoms with van der Waals surface area (Å²) in [6.07, 6.45) is 1.29. The first-order valence-corrected chi connectivity index (χ1v) is 9.87. The minimum atomic E-state index is -3.72. The number of rotatable bonds is 7. The zero-order valence-electron chi connectivity index (χ0n) is 14.4. The van der Waals surface area contributed by atoms with Gasteiger partial charge in [-0.2, -0.15) is 18.4 Å². The molecule has 6 nitrogen and oxygen atoms in total. The Morgan fingerprint density at radius 3 is 2.67 bits per heavy atom. The molecule has 1 heterocycles. The van der Waals surface area contributed by atoms with Crippen LogP contribution in [0.25, 0.3) is 0 Å². The van der Waals surface area contributed by atoms with Crippen LogP contribution >= 0.6 is 11.6 Å². The van der Waals surface area contributed by atoms with Gasteiger partial charge in [-0.15, -0.1) is 0 Å². The van der Waals surface area contributed by atoms with Gasteiger partial charge in [0.25, 0.3) is 10.0 Å². The van der Waals surface area contributed by atoms with Crippen LogP contribution in [0.15, 0.2) is 75.1 Å². The van der Waals surface area contributed by atoms with Gasteiger partial charge in [0.15, 0.2) is 0 Å². The van der Waals surface area contributed by atoms with Crippen molar-refractivity contribution < 1.29 is 17.6 Å². The highest BCUT2D eigenvalue weighted by Gasteiger charge is 2.12. The summed E-state index contributed by atoms with van der Waals surface area (Å²) in [6.45, 7) is 2.09. The van der Waals surface area contributed by atoms with Gasteiger partial charge in [-0.3, -0.25) is 0 Å². The third kappa shape index (κ3) is 5.35. The molecular weight excluding hydrogens is 388 g/mol. The van der Waals surface area contributed by atoms with E-state index in [9.17, 15) is 8.42 Å². The smallest absolute Gasteiger partial charge is 0.276 e. The Morgan fingerprint density at radius 1 is 1.15 bits per heavy atom. The second-order valence-electron chi connectivity index (χ2n) is 5.72. The second-order valence-corrected chi connectivity index (χ2v) is 7.81. The summed E-state index contributed by atoms with van der Waals surface area (Å²) in [4.78, 5) is 2.29. The molecule has 0 amide bonds. The monoisotopic (exact) mass is 404 g/mol. The third-order valence-electron chi connectivity index (χ3n) is 3.56. The number of nitrogens with zero attached hydrogens (tertiary/aromatic N) is 1. The molecule has 8 heteroatoms. The quantitative estimate of drug-likeness (QED) is 0.474. The van der Waals surface area contributed by atoms with Gasteiger partial charge in [0, 0.05) is 5.02 Å². The van der Waals surface area contributed by atoms with Crippen LogP contribution in [0.1, 0.15) is 17.1 Å². The van der Waals surface area contributed by atoms with E-state index in [-0.39, 0.29) is 11.5 Å². The van der Waals surface area contributed by atoms with E-state index in [0.717, 1.165) is 5.56 Å². The zero-order valence-corrected chi connectivity index (χ0v) is 16.0. The number of ether oxygens (including phenoxy) is 1. The van der Waals surface area contributed by atoms with Crippen molar-refractivity contribution in [3.8, 4) is 5.75 Å². The first-order valence-electron chi connectivity index (χ1n) is 8.01. The largest absolute Gasteiger partial charge is 0.486 e. The molecular formula is C19H17ClN2O4S. The van der Waals surface area contributed by atoms with Crippen molar-refractivity contribution in [2.45, 2.75) is 18.4 Å². The molecule has 3 rings (SSSR count). The van der Waals surface area contributed by atoms with Crippen LogP contribution in [-0.4, -0.2) is 14.6 Å². The number of halogens is 1. The highest BCUT2D eigenvalue weighted by atomic mass is 35.5. The molecule has 0 spiro atoms. The van der Waals surface area contributed by atoms with Gasteiger partial charge in [-0.1, -0.05) is 35.4 Å². The maximum atomic E-state index is 12.1. The third-order valence-corrected chi connectivity index (χ3v) is 5.03. The fraction of sp³-hybridized carbons (Fsp3) is 0.105. The lowest BCUT2D eigenvalue weighted by molar-refractivity contribution is 0.270. The minimum absolute atomic E-state index is 0.139. The fourth-order valence-corrected chi connectivity index (χ4v) is 3.15. The number of hydrogen-bond acceptors (Lipinski definition) is 5. The number of nitrogens with one attached hydrogen (secondary N) is 1. The maximum Gasteiger partial charge on any atom is 0.276 e. The van der Waals surface area contributed by atoms with Gasteiger partial charge in [-0.25, -0.2) is 0 Å². The van der Waals surface area contributed by atoms with Crippen molar-refractivity contribution in [2.24, 2.45) is 5.10 Å². The molecule has 0 atom stereocenters. The van der Waals surface area contributed by atoms with E-state index in [4.69, 9.17) is 20.8 Å². The van der Waals surface area contributed by atoms with E-state index in [2.05, 4.69) is 9.93 Å². The molecule has 2 aromatic carbocycles. The zero-order chi connectivity index (χ0) is 19.3. The molecule has 0 saturated carbocycles. The van der Waals surface area contributed by atoms with Crippen LogP contribution in [0, 0.1) is 6.92 Å². The van der Waals surface area contributed by atoms with Gasteiger partial charge in [0.2, 0.25) is 0 Å². The summed E-state index contributed by atoms with van der Waals surface area (Å²) < 4.78 is 35.4. The van der Waals surface area contributed by atoms with E-state index >= 15 is 0 Å². The molecule has 0 aliphatic carbocycles. The molecule has 0 saturated heterocycles. The van der Waals surface area contributed by atoms with Gasteiger partial charge in [-0.05, 0) is 49.4 Å². The van der Waals surface area contributed by atoms with E-state index in [1.807, 2.05) is 6.92 Å². The molecule has 3 aromatic rings. The van der Waals surface area contributed by atoms with Crippen LogP contribution in [-0.2, 0) is 16.6 Å². The average Bonchev–Trinajstić information content (AvgIpc) is 3.08. The Hall–Kier alpha value is -2.77. The first-order chi connectivity index (χ1) is 12.9.